The molecule has 2 aliphatic rings. The van der Waals surface area contributed by atoms with Crippen LogP contribution in [0.5, 0.6) is 0 Å². The molecule has 0 radical (unpaired) electrons. The number of aromatic amines is 1. The summed E-state index contributed by atoms with van der Waals surface area (Å²) in [6.07, 6.45) is 8.17. The molecule has 2 saturated carbocycles. The number of aromatic nitrogens is 5. The van der Waals surface area contributed by atoms with Gasteiger partial charge in [-0.05, 0) is 43.6 Å². The summed E-state index contributed by atoms with van der Waals surface area (Å²) in [7, 11) is -2.92. The minimum atomic E-state index is -2.92. The third-order valence-corrected chi connectivity index (χ3v) is 8.54. The highest BCUT2D eigenvalue weighted by atomic mass is 32.2. The zero-order chi connectivity index (χ0) is 17.9. The first-order valence-corrected chi connectivity index (χ1v) is 11.2. The minimum absolute atomic E-state index is 0.0684. The predicted octanol–water partition coefficient (Wildman–Crippen LogP) is 2.70. The molecular formula is C18H23N5O2S. The van der Waals surface area contributed by atoms with Crippen LogP contribution >= 0.6 is 0 Å². The van der Waals surface area contributed by atoms with E-state index in [1.54, 1.807) is 6.20 Å². The Kier molecular flexibility index (Phi) is 3.60. The quantitative estimate of drug-likeness (QED) is 0.742. The Morgan fingerprint density at radius 3 is 2.88 bits per heavy atom. The van der Waals surface area contributed by atoms with Crippen LogP contribution in [0.4, 0.5) is 0 Å². The van der Waals surface area contributed by atoms with Gasteiger partial charge in [0.15, 0.2) is 21.1 Å². The molecule has 0 saturated heterocycles. The average molecular weight is 373 g/mol. The molecule has 7 nitrogen and oxygen atoms in total. The van der Waals surface area contributed by atoms with Crippen molar-refractivity contribution in [1.82, 2.24) is 24.6 Å². The lowest BCUT2D eigenvalue weighted by Gasteiger charge is -2.16. The molecule has 3 heterocycles. The van der Waals surface area contributed by atoms with Gasteiger partial charge in [-0.15, -0.1) is 10.2 Å². The van der Waals surface area contributed by atoms with Crippen LogP contribution in [0.1, 0.15) is 50.8 Å². The Bertz CT molecular complexity index is 1070. The van der Waals surface area contributed by atoms with Crippen LogP contribution in [-0.2, 0) is 9.84 Å². The smallest absolute Gasteiger partial charge is 0.179 e. The highest BCUT2D eigenvalue weighted by Crippen LogP contribution is 2.46. The van der Waals surface area contributed by atoms with E-state index in [0.717, 1.165) is 54.7 Å². The second-order valence-electron chi connectivity index (χ2n) is 7.86. The van der Waals surface area contributed by atoms with Crippen molar-refractivity contribution in [2.24, 2.45) is 11.8 Å². The second kappa shape index (κ2) is 5.77. The van der Waals surface area contributed by atoms with Crippen molar-refractivity contribution < 1.29 is 8.42 Å². The number of fused-ring (bicyclic) bond motifs is 3. The Balaban J connectivity index is 1.50. The number of H-pyrrole nitrogens is 1. The minimum Gasteiger partial charge on any atom is -0.345 e. The third-order valence-electron chi connectivity index (χ3n) is 6.12. The number of hydrogen-bond acceptors (Lipinski definition) is 5. The van der Waals surface area contributed by atoms with E-state index >= 15 is 0 Å². The van der Waals surface area contributed by atoms with Crippen molar-refractivity contribution in [2.75, 3.05) is 5.75 Å². The van der Waals surface area contributed by atoms with E-state index < -0.39 is 9.84 Å². The maximum absolute atomic E-state index is 12.4. The molecule has 0 amide bonds. The second-order valence-corrected chi connectivity index (χ2v) is 10.2. The normalized spacial score (nSPS) is 26.9. The van der Waals surface area contributed by atoms with Gasteiger partial charge in [0.05, 0.1) is 22.7 Å². The first-order valence-electron chi connectivity index (χ1n) is 9.45. The van der Waals surface area contributed by atoms with Gasteiger partial charge in [-0.1, -0.05) is 13.3 Å². The van der Waals surface area contributed by atoms with Gasteiger partial charge >= 0.3 is 0 Å². The van der Waals surface area contributed by atoms with Gasteiger partial charge in [0.25, 0.3) is 0 Å². The molecule has 3 aromatic heterocycles. The highest BCUT2D eigenvalue weighted by Gasteiger charge is 2.42. The Morgan fingerprint density at radius 2 is 2.12 bits per heavy atom. The summed E-state index contributed by atoms with van der Waals surface area (Å²) in [4.78, 5) is 7.52. The Hall–Kier alpha value is -1.96. The molecule has 2 fully saturated rings. The largest absolute Gasteiger partial charge is 0.345 e. The van der Waals surface area contributed by atoms with E-state index in [9.17, 15) is 8.42 Å². The van der Waals surface area contributed by atoms with Crippen LogP contribution in [0, 0.1) is 11.8 Å². The van der Waals surface area contributed by atoms with Crippen molar-refractivity contribution in [2.45, 2.75) is 50.2 Å². The number of nitrogens with zero attached hydrogens (tertiary/aromatic N) is 4. The standard InChI is InChI=1S/C18H23N5O2S/c1-2-12-7-11(10-26(24,25)13-3-4-13)8-14(12)18-22-21-16-9-20-17-15(23(16)18)5-6-19-17/h5-6,9,11-14,19H,2-4,7-8,10H2,1H3/t11-,12-,14-/m1/s1. The Labute approximate surface area is 152 Å². The van der Waals surface area contributed by atoms with Crippen molar-refractivity contribution in [3.05, 3.63) is 24.3 Å². The van der Waals surface area contributed by atoms with Crippen LogP contribution in [-0.4, -0.2) is 44.0 Å². The first-order chi connectivity index (χ1) is 12.6. The fourth-order valence-corrected chi connectivity index (χ4v) is 6.73. The summed E-state index contributed by atoms with van der Waals surface area (Å²) >= 11 is 0. The van der Waals surface area contributed by atoms with Gasteiger partial charge in [-0.2, -0.15) is 0 Å². The van der Waals surface area contributed by atoms with Gasteiger partial charge in [0.2, 0.25) is 0 Å². The molecule has 26 heavy (non-hydrogen) atoms. The van der Waals surface area contributed by atoms with Crippen LogP contribution in [0.15, 0.2) is 18.5 Å². The monoisotopic (exact) mass is 373 g/mol. The molecule has 0 bridgehead atoms. The molecule has 0 unspecified atom stereocenters. The summed E-state index contributed by atoms with van der Waals surface area (Å²) in [5.74, 6) is 2.21. The molecule has 2 aliphatic carbocycles. The van der Waals surface area contributed by atoms with Crippen molar-refractivity contribution in [1.29, 1.82) is 0 Å². The maximum Gasteiger partial charge on any atom is 0.179 e. The molecule has 5 rings (SSSR count). The summed E-state index contributed by atoms with van der Waals surface area (Å²) < 4.78 is 27.0. The lowest BCUT2D eigenvalue weighted by Crippen LogP contribution is -2.18. The van der Waals surface area contributed by atoms with Crippen LogP contribution in [0.25, 0.3) is 16.8 Å². The van der Waals surface area contributed by atoms with Crippen molar-refractivity contribution in [3.63, 3.8) is 0 Å². The molecule has 3 atom stereocenters. The molecule has 0 spiro atoms. The predicted molar refractivity (Wildman–Crippen MR) is 98.7 cm³/mol. The Morgan fingerprint density at radius 1 is 1.27 bits per heavy atom. The van der Waals surface area contributed by atoms with Crippen LogP contribution < -0.4 is 0 Å². The van der Waals surface area contributed by atoms with E-state index in [4.69, 9.17) is 0 Å². The molecular weight excluding hydrogens is 350 g/mol. The fraction of sp³-hybridized carbons (Fsp3) is 0.611. The van der Waals surface area contributed by atoms with E-state index in [1.807, 2.05) is 12.3 Å². The summed E-state index contributed by atoms with van der Waals surface area (Å²) in [6, 6.07) is 1.99. The average Bonchev–Trinajstić information content (AvgIpc) is 3.06. The third kappa shape index (κ3) is 2.53. The summed E-state index contributed by atoms with van der Waals surface area (Å²) in [5, 5.41) is 8.74. The zero-order valence-corrected chi connectivity index (χ0v) is 15.6. The van der Waals surface area contributed by atoms with Crippen LogP contribution in [0.3, 0.4) is 0 Å². The summed E-state index contributed by atoms with van der Waals surface area (Å²) in [5.41, 5.74) is 2.54. The van der Waals surface area contributed by atoms with Gasteiger partial charge in [0.1, 0.15) is 5.82 Å². The zero-order valence-electron chi connectivity index (χ0n) is 14.8. The SMILES string of the molecule is CC[C@@H]1C[C@@H](CS(=O)(=O)C2CC2)C[C@H]1c1nnc2cnc3[nH]ccc3n12. The van der Waals surface area contributed by atoms with Gasteiger partial charge < -0.3 is 4.98 Å². The van der Waals surface area contributed by atoms with Crippen molar-refractivity contribution >= 4 is 26.6 Å². The number of nitrogens with one attached hydrogen (secondary N) is 1. The first kappa shape index (κ1) is 16.2. The molecule has 138 valence electrons. The van der Waals surface area contributed by atoms with E-state index in [0.29, 0.717) is 11.7 Å². The number of hydrogen-bond donors (Lipinski definition) is 1. The molecule has 8 heteroatoms. The maximum atomic E-state index is 12.4. The highest BCUT2D eigenvalue weighted by molar-refractivity contribution is 7.92. The van der Waals surface area contributed by atoms with Crippen LogP contribution in [0.2, 0.25) is 0 Å². The molecule has 0 aromatic carbocycles. The van der Waals surface area contributed by atoms with E-state index in [-0.39, 0.29) is 17.1 Å². The van der Waals surface area contributed by atoms with Crippen molar-refractivity contribution in [3.8, 4) is 0 Å². The van der Waals surface area contributed by atoms with E-state index in [1.165, 1.54) is 0 Å². The number of rotatable bonds is 5. The fourth-order valence-electron chi connectivity index (χ4n) is 4.67. The summed E-state index contributed by atoms with van der Waals surface area (Å²) in [6.45, 7) is 2.19. The lowest BCUT2D eigenvalue weighted by atomic mass is 9.93. The topological polar surface area (TPSA) is 93.0 Å². The molecule has 3 aromatic rings. The van der Waals surface area contributed by atoms with E-state index in [2.05, 4.69) is 31.5 Å². The number of sulfone groups is 1. The van der Waals surface area contributed by atoms with Gasteiger partial charge in [0, 0.05) is 12.1 Å². The molecule has 0 aliphatic heterocycles. The molecule has 1 N–H and O–H groups in total. The lowest BCUT2D eigenvalue weighted by molar-refractivity contribution is 0.447. The van der Waals surface area contributed by atoms with Gasteiger partial charge in [-0.3, -0.25) is 4.40 Å². The van der Waals surface area contributed by atoms with Gasteiger partial charge in [-0.25, -0.2) is 13.4 Å².